The Hall–Kier alpha value is -2.34. The number of likely N-dealkylation sites (N-methyl/N-ethyl adjacent to an activating group) is 1. The van der Waals surface area contributed by atoms with Gasteiger partial charge in [-0.05, 0) is 44.2 Å². The SMILES string of the molecule is Cc1cccc(N2CCN(c3nccc(N4CCN(C)CC4)n3)CC2)c1C. The van der Waals surface area contributed by atoms with Crippen LogP contribution in [-0.2, 0) is 0 Å². The summed E-state index contributed by atoms with van der Waals surface area (Å²) in [6.45, 7) is 12.6. The van der Waals surface area contributed by atoms with Gasteiger partial charge < -0.3 is 19.6 Å². The third-order valence-electron chi connectivity index (χ3n) is 5.93. The van der Waals surface area contributed by atoms with Gasteiger partial charge in [-0.15, -0.1) is 0 Å². The Morgan fingerprint density at radius 1 is 0.778 bits per heavy atom. The van der Waals surface area contributed by atoms with Gasteiger partial charge in [0.05, 0.1) is 0 Å². The normalized spacial score (nSPS) is 18.9. The highest BCUT2D eigenvalue weighted by atomic mass is 15.3. The average molecular weight is 367 g/mol. The molecule has 0 saturated carbocycles. The molecule has 2 aromatic rings. The Morgan fingerprint density at radius 2 is 1.44 bits per heavy atom. The summed E-state index contributed by atoms with van der Waals surface area (Å²) in [7, 11) is 2.18. The van der Waals surface area contributed by atoms with Gasteiger partial charge in [0.2, 0.25) is 5.95 Å². The molecule has 1 aromatic heterocycles. The van der Waals surface area contributed by atoms with Crippen molar-refractivity contribution in [1.82, 2.24) is 14.9 Å². The number of nitrogens with zero attached hydrogens (tertiary/aromatic N) is 6. The van der Waals surface area contributed by atoms with E-state index in [9.17, 15) is 0 Å². The number of rotatable bonds is 3. The van der Waals surface area contributed by atoms with Crippen LogP contribution in [0.2, 0.25) is 0 Å². The molecule has 6 heteroatoms. The van der Waals surface area contributed by atoms with Gasteiger partial charge in [-0.1, -0.05) is 12.1 Å². The Kier molecular flexibility index (Phi) is 5.16. The number of aryl methyl sites for hydroxylation is 1. The molecule has 0 unspecified atom stereocenters. The van der Waals surface area contributed by atoms with Gasteiger partial charge in [0, 0.05) is 64.2 Å². The number of piperazine rings is 2. The lowest BCUT2D eigenvalue weighted by atomic mass is 10.1. The fraction of sp³-hybridized carbons (Fsp3) is 0.524. The van der Waals surface area contributed by atoms with Crippen molar-refractivity contribution in [2.45, 2.75) is 13.8 Å². The monoisotopic (exact) mass is 366 g/mol. The van der Waals surface area contributed by atoms with E-state index in [0.29, 0.717) is 0 Å². The summed E-state index contributed by atoms with van der Waals surface area (Å²) >= 11 is 0. The Morgan fingerprint density at radius 3 is 2.19 bits per heavy atom. The van der Waals surface area contributed by atoms with E-state index in [0.717, 1.165) is 64.1 Å². The predicted molar refractivity (Wildman–Crippen MR) is 112 cm³/mol. The number of anilines is 3. The third kappa shape index (κ3) is 3.86. The van der Waals surface area contributed by atoms with Gasteiger partial charge in [-0.3, -0.25) is 0 Å². The molecular weight excluding hydrogens is 336 g/mol. The van der Waals surface area contributed by atoms with Crippen molar-refractivity contribution in [3.05, 3.63) is 41.6 Å². The second-order valence-corrected chi connectivity index (χ2v) is 7.70. The van der Waals surface area contributed by atoms with E-state index in [2.05, 4.69) is 63.7 Å². The minimum atomic E-state index is 0.868. The van der Waals surface area contributed by atoms with Crippen molar-refractivity contribution in [3.63, 3.8) is 0 Å². The summed E-state index contributed by atoms with van der Waals surface area (Å²) < 4.78 is 0. The zero-order chi connectivity index (χ0) is 18.8. The number of hydrogen-bond donors (Lipinski definition) is 0. The molecule has 2 fully saturated rings. The van der Waals surface area contributed by atoms with Crippen LogP contribution in [0.15, 0.2) is 30.5 Å². The highest BCUT2D eigenvalue weighted by molar-refractivity contribution is 5.57. The zero-order valence-corrected chi connectivity index (χ0v) is 16.7. The van der Waals surface area contributed by atoms with E-state index in [1.54, 1.807) is 0 Å². The van der Waals surface area contributed by atoms with E-state index < -0.39 is 0 Å². The highest BCUT2D eigenvalue weighted by Gasteiger charge is 2.22. The summed E-state index contributed by atoms with van der Waals surface area (Å²) in [5.74, 6) is 1.93. The molecule has 144 valence electrons. The van der Waals surface area contributed by atoms with Gasteiger partial charge in [-0.25, -0.2) is 4.98 Å². The highest BCUT2D eigenvalue weighted by Crippen LogP contribution is 2.25. The van der Waals surface area contributed by atoms with Gasteiger partial charge in [0.25, 0.3) is 0 Å². The van der Waals surface area contributed by atoms with Crippen molar-refractivity contribution in [1.29, 1.82) is 0 Å². The first-order valence-electron chi connectivity index (χ1n) is 9.94. The van der Waals surface area contributed by atoms with Crippen LogP contribution >= 0.6 is 0 Å². The largest absolute Gasteiger partial charge is 0.368 e. The molecule has 0 bridgehead atoms. The van der Waals surface area contributed by atoms with Crippen LogP contribution < -0.4 is 14.7 Å². The van der Waals surface area contributed by atoms with Gasteiger partial charge >= 0.3 is 0 Å². The molecule has 2 aliphatic rings. The van der Waals surface area contributed by atoms with E-state index in [1.165, 1.54) is 16.8 Å². The quantitative estimate of drug-likeness (QED) is 0.829. The van der Waals surface area contributed by atoms with Gasteiger partial charge in [-0.2, -0.15) is 4.98 Å². The predicted octanol–water partition coefficient (Wildman–Crippen LogP) is 2.17. The third-order valence-corrected chi connectivity index (χ3v) is 5.93. The van der Waals surface area contributed by atoms with Crippen LogP contribution in [0.5, 0.6) is 0 Å². The van der Waals surface area contributed by atoms with Crippen LogP contribution in [0.25, 0.3) is 0 Å². The maximum absolute atomic E-state index is 4.88. The van der Waals surface area contributed by atoms with Crippen LogP contribution in [0, 0.1) is 13.8 Å². The fourth-order valence-corrected chi connectivity index (χ4v) is 3.93. The second-order valence-electron chi connectivity index (χ2n) is 7.70. The fourth-order valence-electron chi connectivity index (χ4n) is 3.93. The lowest BCUT2D eigenvalue weighted by Gasteiger charge is -2.37. The van der Waals surface area contributed by atoms with Crippen LogP contribution in [0.4, 0.5) is 17.5 Å². The number of benzene rings is 1. The number of aromatic nitrogens is 2. The molecule has 4 rings (SSSR count). The lowest BCUT2D eigenvalue weighted by Crippen LogP contribution is -2.48. The van der Waals surface area contributed by atoms with Gasteiger partial charge in [0.15, 0.2) is 0 Å². The van der Waals surface area contributed by atoms with Crippen LogP contribution in [-0.4, -0.2) is 74.3 Å². The topological polar surface area (TPSA) is 38.7 Å². The molecular formula is C21H30N6. The lowest BCUT2D eigenvalue weighted by molar-refractivity contribution is 0.312. The van der Waals surface area contributed by atoms with Crippen molar-refractivity contribution in [3.8, 4) is 0 Å². The summed E-state index contributed by atoms with van der Waals surface area (Å²) in [6.07, 6.45) is 1.91. The van der Waals surface area contributed by atoms with Crippen molar-refractivity contribution in [2.24, 2.45) is 0 Å². The summed E-state index contributed by atoms with van der Waals surface area (Å²) in [6, 6.07) is 8.63. The molecule has 0 radical (unpaired) electrons. The van der Waals surface area contributed by atoms with E-state index >= 15 is 0 Å². The van der Waals surface area contributed by atoms with Crippen molar-refractivity contribution >= 4 is 17.5 Å². The first-order valence-corrected chi connectivity index (χ1v) is 9.94. The molecule has 0 aliphatic carbocycles. The Bertz CT molecular complexity index is 776. The van der Waals surface area contributed by atoms with Crippen molar-refractivity contribution in [2.75, 3.05) is 74.1 Å². The molecule has 2 aliphatic heterocycles. The molecule has 1 aromatic carbocycles. The molecule has 0 N–H and O–H groups in total. The van der Waals surface area contributed by atoms with E-state index in [4.69, 9.17) is 4.98 Å². The second kappa shape index (κ2) is 7.72. The Balaban J connectivity index is 1.42. The molecule has 6 nitrogen and oxygen atoms in total. The van der Waals surface area contributed by atoms with Gasteiger partial charge in [0.1, 0.15) is 5.82 Å². The van der Waals surface area contributed by atoms with Crippen LogP contribution in [0.1, 0.15) is 11.1 Å². The number of hydrogen-bond acceptors (Lipinski definition) is 6. The first kappa shape index (κ1) is 18.0. The summed E-state index contributed by atoms with van der Waals surface area (Å²) in [5.41, 5.74) is 4.11. The summed E-state index contributed by atoms with van der Waals surface area (Å²) in [4.78, 5) is 19.0. The average Bonchev–Trinajstić information content (AvgIpc) is 2.71. The zero-order valence-electron chi connectivity index (χ0n) is 16.7. The maximum atomic E-state index is 4.88. The van der Waals surface area contributed by atoms with E-state index in [1.807, 2.05) is 12.3 Å². The molecule has 0 spiro atoms. The van der Waals surface area contributed by atoms with E-state index in [-0.39, 0.29) is 0 Å². The van der Waals surface area contributed by atoms with Crippen molar-refractivity contribution < 1.29 is 0 Å². The molecule has 0 atom stereocenters. The minimum absolute atomic E-state index is 0.868. The first-order chi connectivity index (χ1) is 13.1. The smallest absolute Gasteiger partial charge is 0.227 e. The molecule has 2 saturated heterocycles. The molecule has 0 amide bonds. The minimum Gasteiger partial charge on any atom is -0.368 e. The maximum Gasteiger partial charge on any atom is 0.227 e. The standard InChI is InChI=1S/C21H30N6/c1-17-5-4-6-19(18(17)2)25-13-15-27(16-14-25)21-22-8-7-20(23-21)26-11-9-24(3)10-12-26/h4-8H,9-16H2,1-3H3. The summed E-state index contributed by atoms with van der Waals surface area (Å²) in [5, 5.41) is 0. The molecule has 27 heavy (non-hydrogen) atoms. The van der Waals surface area contributed by atoms with Crippen LogP contribution in [0.3, 0.4) is 0 Å². The Labute approximate surface area is 162 Å². The molecule has 3 heterocycles.